The van der Waals surface area contributed by atoms with Crippen molar-refractivity contribution in [2.75, 3.05) is 13.1 Å². The summed E-state index contributed by atoms with van der Waals surface area (Å²) in [5.41, 5.74) is 1.87. The van der Waals surface area contributed by atoms with Crippen LogP contribution in [-0.4, -0.2) is 32.1 Å². The lowest BCUT2D eigenvalue weighted by atomic mass is 9.95. The van der Waals surface area contributed by atoms with Crippen LogP contribution in [0.4, 0.5) is 0 Å². The zero-order chi connectivity index (χ0) is 11.5. The van der Waals surface area contributed by atoms with Crippen molar-refractivity contribution in [1.82, 2.24) is 5.32 Å². The van der Waals surface area contributed by atoms with E-state index in [0.717, 1.165) is 42.7 Å². The third-order valence-corrected chi connectivity index (χ3v) is 3.02. The summed E-state index contributed by atoms with van der Waals surface area (Å²) in [4.78, 5) is 0. The standard InChI is InChI=1S/C12H18BNO2/c1-8-11(16-10-6-14-7-10)3-2-9(4-5-13)12(8)15/h2-3,10,14-15H,4-7,13H2,1H3. The second kappa shape index (κ2) is 4.79. The number of phenols is 1. The number of hydrogen-bond acceptors (Lipinski definition) is 3. The molecule has 0 spiro atoms. The molecule has 0 aromatic heterocycles. The average Bonchev–Trinajstić information content (AvgIpc) is 2.21. The molecule has 0 amide bonds. The second-order valence-electron chi connectivity index (χ2n) is 4.34. The summed E-state index contributed by atoms with van der Waals surface area (Å²) in [5.74, 6) is 1.20. The van der Waals surface area contributed by atoms with Gasteiger partial charge in [0.25, 0.3) is 0 Å². The van der Waals surface area contributed by atoms with Crippen molar-refractivity contribution < 1.29 is 9.84 Å². The number of phenolic OH excluding ortho intramolecular Hbond substituents is 1. The van der Waals surface area contributed by atoms with Crippen LogP contribution in [-0.2, 0) is 6.42 Å². The van der Waals surface area contributed by atoms with E-state index in [2.05, 4.69) is 13.2 Å². The molecule has 2 N–H and O–H groups in total. The maximum Gasteiger partial charge on any atom is 0.126 e. The Morgan fingerprint density at radius 1 is 1.50 bits per heavy atom. The fraction of sp³-hybridized carbons (Fsp3) is 0.500. The molecule has 0 atom stereocenters. The highest BCUT2D eigenvalue weighted by Crippen LogP contribution is 2.31. The number of rotatable bonds is 4. The maximum absolute atomic E-state index is 10.0. The minimum atomic E-state index is 0.259. The Morgan fingerprint density at radius 2 is 2.25 bits per heavy atom. The Hall–Kier alpha value is -1.16. The fourth-order valence-electron chi connectivity index (χ4n) is 1.86. The molecule has 1 aliphatic rings. The predicted octanol–water partition coefficient (Wildman–Crippen LogP) is 0.645. The van der Waals surface area contributed by atoms with Gasteiger partial charge >= 0.3 is 0 Å². The first-order chi connectivity index (χ1) is 7.72. The van der Waals surface area contributed by atoms with E-state index < -0.39 is 0 Å². The zero-order valence-corrected chi connectivity index (χ0v) is 9.92. The molecule has 0 bridgehead atoms. The Balaban J connectivity index is 2.16. The third-order valence-electron chi connectivity index (χ3n) is 3.02. The van der Waals surface area contributed by atoms with E-state index in [1.807, 2.05) is 19.1 Å². The summed E-state index contributed by atoms with van der Waals surface area (Å²) in [6.45, 7) is 3.71. The van der Waals surface area contributed by atoms with Crippen LogP contribution in [0.5, 0.6) is 11.5 Å². The topological polar surface area (TPSA) is 41.5 Å². The van der Waals surface area contributed by atoms with Crippen molar-refractivity contribution in [3.8, 4) is 11.5 Å². The van der Waals surface area contributed by atoms with Gasteiger partial charge in [0.15, 0.2) is 0 Å². The predicted molar refractivity (Wildman–Crippen MR) is 67.2 cm³/mol. The minimum Gasteiger partial charge on any atom is -0.507 e. The Bertz CT molecular complexity index is 378. The van der Waals surface area contributed by atoms with Crippen LogP contribution in [0, 0.1) is 6.92 Å². The zero-order valence-electron chi connectivity index (χ0n) is 9.92. The van der Waals surface area contributed by atoms with Gasteiger partial charge in [-0.1, -0.05) is 12.4 Å². The molecule has 1 fully saturated rings. The summed E-state index contributed by atoms with van der Waals surface area (Å²) in [5, 5.41) is 13.2. The van der Waals surface area contributed by atoms with Gasteiger partial charge in [-0.05, 0) is 25.0 Å². The molecule has 0 unspecified atom stereocenters. The van der Waals surface area contributed by atoms with Gasteiger partial charge in [0.1, 0.15) is 25.4 Å². The smallest absolute Gasteiger partial charge is 0.126 e. The average molecular weight is 219 g/mol. The summed E-state index contributed by atoms with van der Waals surface area (Å²) in [6, 6.07) is 3.94. The summed E-state index contributed by atoms with van der Waals surface area (Å²) < 4.78 is 5.77. The van der Waals surface area contributed by atoms with Gasteiger partial charge < -0.3 is 15.2 Å². The fourth-order valence-corrected chi connectivity index (χ4v) is 1.86. The van der Waals surface area contributed by atoms with Crippen LogP contribution in [0.25, 0.3) is 0 Å². The molecule has 1 saturated heterocycles. The van der Waals surface area contributed by atoms with Crippen molar-refractivity contribution in [2.45, 2.75) is 25.8 Å². The van der Waals surface area contributed by atoms with Gasteiger partial charge in [0.2, 0.25) is 0 Å². The van der Waals surface area contributed by atoms with Gasteiger partial charge in [-0.15, -0.1) is 0 Å². The molecule has 3 nitrogen and oxygen atoms in total. The number of benzene rings is 1. The van der Waals surface area contributed by atoms with Crippen LogP contribution in [0.1, 0.15) is 11.1 Å². The molecule has 1 aromatic rings. The summed E-state index contributed by atoms with van der Waals surface area (Å²) in [7, 11) is 2.11. The molecule has 0 radical (unpaired) electrons. The van der Waals surface area contributed by atoms with Gasteiger partial charge in [-0.3, -0.25) is 0 Å². The lowest BCUT2D eigenvalue weighted by molar-refractivity contribution is 0.141. The quantitative estimate of drug-likeness (QED) is 0.730. The van der Waals surface area contributed by atoms with E-state index in [-0.39, 0.29) is 6.10 Å². The van der Waals surface area contributed by atoms with Gasteiger partial charge in [-0.2, -0.15) is 0 Å². The van der Waals surface area contributed by atoms with Gasteiger partial charge in [0.05, 0.1) is 0 Å². The lowest BCUT2D eigenvalue weighted by Gasteiger charge is -2.28. The number of ether oxygens (including phenoxy) is 1. The van der Waals surface area contributed by atoms with Crippen molar-refractivity contribution in [3.63, 3.8) is 0 Å². The summed E-state index contributed by atoms with van der Waals surface area (Å²) in [6.07, 6.45) is 2.22. The molecule has 4 heteroatoms. The highest BCUT2D eigenvalue weighted by Gasteiger charge is 2.20. The van der Waals surface area contributed by atoms with E-state index in [0.29, 0.717) is 5.75 Å². The van der Waals surface area contributed by atoms with Crippen LogP contribution in [0.15, 0.2) is 12.1 Å². The minimum absolute atomic E-state index is 0.259. The number of aryl methyl sites for hydroxylation is 1. The van der Waals surface area contributed by atoms with Crippen molar-refractivity contribution in [3.05, 3.63) is 23.3 Å². The molecule has 0 aliphatic carbocycles. The molecule has 2 rings (SSSR count). The first kappa shape index (κ1) is 11.3. The van der Waals surface area contributed by atoms with E-state index in [9.17, 15) is 5.11 Å². The van der Waals surface area contributed by atoms with Crippen LogP contribution < -0.4 is 10.1 Å². The number of nitrogens with one attached hydrogen (secondary N) is 1. The third kappa shape index (κ3) is 2.17. The number of aromatic hydroxyl groups is 1. The molecule has 1 heterocycles. The highest BCUT2D eigenvalue weighted by molar-refractivity contribution is 6.08. The SMILES string of the molecule is BCCc1ccc(OC2CNC2)c(C)c1O. The van der Waals surface area contributed by atoms with E-state index >= 15 is 0 Å². The molecule has 1 aliphatic heterocycles. The Morgan fingerprint density at radius 3 is 2.81 bits per heavy atom. The van der Waals surface area contributed by atoms with Crippen molar-refractivity contribution >= 4 is 7.85 Å². The van der Waals surface area contributed by atoms with Crippen LogP contribution in [0.2, 0.25) is 6.32 Å². The summed E-state index contributed by atoms with van der Waals surface area (Å²) >= 11 is 0. The van der Waals surface area contributed by atoms with Gasteiger partial charge in [0, 0.05) is 18.7 Å². The number of hydrogen-bond donors (Lipinski definition) is 2. The maximum atomic E-state index is 10.0. The Labute approximate surface area is 97.2 Å². The van der Waals surface area contributed by atoms with E-state index in [1.165, 1.54) is 0 Å². The van der Waals surface area contributed by atoms with Crippen LogP contribution in [0.3, 0.4) is 0 Å². The van der Waals surface area contributed by atoms with E-state index in [1.54, 1.807) is 0 Å². The van der Waals surface area contributed by atoms with Crippen LogP contribution >= 0.6 is 0 Å². The first-order valence-corrected chi connectivity index (χ1v) is 5.91. The lowest BCUT2D eigenvalue weighted by Crippen LogP contribution is -2.50. The monoisotopic (exact) mass is 219 g/mol. The first-order valence-electron chi connectivity index (χ1n) is 5.91. The molecular weight excluding hydrogens is 201 g/mol. The molecule has 16 heavy (non-hydrogen) atoms. The molecule has 86 valence electrons. The van der Waals surface area contributed by atoms with Gasteiger partial charge in [-0.25, -0.2) is 0 Å². The Kier molecular flexibility index (Phi) is 3.39. The second-order valence-corrected chi connectivity index (χ2v) is 4.34. The molecule has 1 aromatic carbocycles. The largest absolute Gasteiger partial charge is 0.507 e. The highest BCUT2D eigenvalue weighted by atomic mass is 16.5. The normalized spacial score (nSPS) is 15.8. The van der Waals surface area contributed by atoms with Crippen molar-refractivity contribution in [2.24, 2.45) is 0 Å². The molecule has 0 saturated carbocycles. The molecular formula is C12H18BNO2. The van der Waals surface area contributed by atoms with Crippen molar-refractivity contribution in [1.29, 1.82) is 0 Å². The van der Waals surface area contributed by atoms with E-state index in [4.69, 9.17) is 4.74 Å².